The van der Waals surface area contributed by atoms with Gasteiger partial charge in [0, 0.05) is 15.2 Å². The summed E-state index contributed by atoms with van der Waals surface area (Å²) in [5.74, 6) is -0.427. The van der Waals surface area contributed by atoms with E-state index in [-0.39, 0.29) is 16.1 Å². The molecule has 0 saturated carbocycles. The van der Waals surface area contributed by atoms with Crippen LogP contribution in [0.2, 0.25) is 5.02 Å². The molecule has 0 aliphatic rings. The lowest BCUT2D eigenvalue weighted by molar-refractivity contribution is 0.102. The van der Waals surface area contributed by atoms with Gasteiger partial charge in [-0.3, -0.25) is 9.52 Å². The zero-order valence-corrected chi connectivity index (χ0v) is 17.9. The molecule has 0 bridgehead atoms. The van der Waals surface area contributed by atoms with Crippen LogP contribution in [-0.2, 0) is 10.0 Å². The van der Waals surface area contributed by atoms with Crippen LogP contribution in [0.25, 0.3) is 0 Å². The number of benzene rings is 3. The van der Waals surface area contributed by atoms with Gasteiger partial charge in [-0.1, -0.05) is 45.7 Å². The van der Waals surface area contributed by atoms with Crippen molar-refractivity contribution in [1.29, 1.82) is 0 Å². The highest BCUT2D eigenvalue weighted by molar-refractivity contribution is 9.10. The standard InChI is InChI=1S/C20H16BrClN2O3S/c1-13-17(22)6-4-8-19(13)28(26,27)24-18-7-3-2-5-16(18)20(25)23-15-11-9-14(21)10-12-15/h2-12,24H,1H3,(H,23,25). The van der Waals surface area contributed by atoms with Crippen molar-refractivity contribution in [2.75, 3.05) is 10.0 Å². The lowest BCUT2D eigenvalue weighted by Gasteiger charge is -2.14. The van der Waals surface area contributed by atoms with Crippen molar-refractivity contribution in [2.45, 2.75) is 11.8 Å². The first-order chi connectivity index (χ1) is 13.3. The monoisotopic (exact) mass is 478 g/mol. The molecule has 0 aliphatic carbocycles. The maximum absolute atomic E-state index is 12.8. The summed E-state index contributed by atoms with van der Waals surface area (Å²) < 4.78 is 29.1. The Morgan fingerprint density at radius 3 is 2.36 bits per heavy atom. The number of nitrogens with one attached hydrogen (secondary N) is 2. The minimum Gasteiger partial charge on any atom is -0.322 e. The Balaban J connectivity index is 1.90. The summed E-state index contributed by atoms with van der Waals surface area (Å²) in [7, 11) is -3.92. The summed E-state index contributed by atoms with van der Waals surface area (Å²) in [6.45, 7) is 1.63. The zero-order valence-electron chi connectivity index (χ0n) is 14.7. The van der Waals surface area contributed by atoms with Crippen molar-refractivity contribution < 1.29 is 13.2 Å². The van der Waals surface area contributed by atoms with Crippen LogP contribution < -0.4 is 10.0 Å². The maximum Gasteiger partial charge on any atom is 0.262 e. The fourth-order valence-corrected chi connectivity index (χ4v) is 4.42. The molecule has 1 amide bonds. The Morgan fingerprint density at radius 1 is 0.964 bits per heavy atom. The molecule has 0 aliphatic heterocycles. The first-order valence-electron chi connectivity index (χ1n) is 8.22. The van der Waals surface area contributed by atoms with Crippen LogP contribution in [0.3, 0.4) is 0 Å². The lowest BCUT2D eigenvalue weighted by Crippen LogP contribution is -2.19. The van der Waals surface area contributed by atoms with Gasteiger partial charge in [0.25, 0.3) is 15.9 Å². The average molecular weight is 480 g/mol. The van der Waals surface area contributed by atoms with Gasteiger partial charge in [-0.15, -0.1) is 0 Å². The van der Waals surface area contributed by atoms with Crippen LogP contribution >= 0.6 is 27.5 Å². The summed E-state index contributed by atoms with van der Waals surface area (Å²) in [4.78, 5) is 12.7. The number of anilines is 2. The van der Waals surface area contributed by atoms with Crippen LogP contribution in [0, 0.1) is 6.92 Å². The molecule has 0 fully saturated rings. The van der Waals surface area contributed by atoms with Gasteiger partial charge in [-0.2, -0.15) is 0 Å². The third-order valence-electron chi connectivity index (χ3n) is 4.03. The maximum atomic E-state index is 12.8. The van der Waals surface area contributed by atoms with E-state index in [0.29, 0.717) is 16.3 Å². The largest absolute Gasteiger partial charge is 0.322 e. The van der Waals surface area contributed by atoms with Crippen LogP contribution in [-0.4, -0.2) is 14.3 Å². The number of carbonyl (C=O) groups is 1. The van der Waals surface area contributed by atoms with Crippen molar-refractivity contribution in [3.05, 3.63) is 87.4 Å². The number of halogens is 2. The summed E-state index contributed by atoms with van der Waals surface area (Å²) in [5, 5.41) is 3.11. The van der Waals surface area contributed by atoms with Crippen molar-refractivity contribution in [2.24, 2.45) is 0 Å². The molecular formula is C20H16BrClN2O3S. The van der Waals surface area contributed by atoms with E-state index in [1.165, 1.54) is 12.1 Å². The van der Waals surface area contributed by atoms with Gasteiger partial charge < -0.3 is 5.32 Å². The predicted molar refractivity (Wildman–Crippen MR) is 116 cm³/mol. The number of para-hydroxylation sites is 1. The molecule has 28 heavy (non-hydrogen) atoms. The van der Waals surface area contributed by atoms with Crippen molar-refractivity contribution in [3.63, 3.8) is 0 Å². The van der Waals surface area contributed by atoms with Gasteiger partial charge in [0.15, 0.2) is 0 Å². The second kappa shape index (κ2) is 8.34. The molecule has 144 valence electrons. The molecule has 3 aromatic carbocycles. The minimum absolute atomic E-state index is 0.0584. The Kier molecular flexibility index (Phi) is 6.07. The lowest BCUT2D eigenvalue weighted by atomic mass is 10.1. The van der Waals surface area contributed by atoms with Crippen molar-refractivity contribution in [3.8, 4) is 0 Å². The van der Waals surface area contributed by atoms with Gasteiger partial charge in [0.05, 0.1) is 16.1 Å². The van der Waals surface area contributed by atoms with Crippen molar-refractivity contribution >= 4 is 54.8 Å². The Labute approximate surface area is 176 Å². The number of hydrogen-bond donors (Lipinski definition) is 2. The molecule has 8 heteroatoms. The molecule has 0 atom stereocenters. The van der Waals surface area contributed by atoms with E-state index in [1.54, 1.807) is 61.5 Å². The Bertz CT molecular complexity index is 1130. The fraction of sp³-hybridized carbons (Fsp3) is 0.0500. The van der Waals surface area contributed by atoms with Crippen molar-refractivity contribution in [1.82, 2.24) is 0 Å². The molecule has 5 nitrogen and oxygen atoms in total. The fourth-order valence-electron chi connectivity index (χ4n) is 2.58. The second-order valence-corrected chi connectivity index (χ2v) is 8.95. The Hall–Kier alpha value is -2.35. The summed E-state index contributed by atoms with van der Waals surface area (Å²) >= 11 is 9.38. The smallest absolute Gasteiger partial charge is 0.262 e. The summed E-state index contributed by atoms with van der Waals surface area (Å²) in [5.41, 5.74) is 1.41. The molecule has 0 spiro atoms. The van der Waals surface area contributed by atoms with E-state index < -0.39 is 15.9 Å². The minimum atomic E-state index is -3.92. The first-order valence-corrected chi connectivity index (χ1v) is 10.9. The predicted octanol–water partition coefficient (Wildman–Crippen LogP) is 5.46. The number of amides is 1. The number of hydrogen-bond acceptors (Lipinski definition) is 3. The highest BCUT2D eigenvalue weighted by Crippen LogP contribution is 2.26. The topological polar surface area (TPSA) is 75.3 Å². The van der Waals surface area contributed by atoms with Gasteiger partial charge >= 0.3 is 0 Å². The molecule has 0 aromatic heterocycles. The highest BCUT2D eigenvalue weighted by atomic mass is 79.9. The quantitative estimate of drug-likeness (QED) is 0.510. The van der Waals surface area contributed by atoms with E-state index >= 15 is 0 Å². The van der Waals surface area contributed by atoms with Gasteiger partial charge in [0.1, 0.15) is 0 Å². The van der Waals surface area contributed by atoms with E-state index in [1.807, 2.05) is 0 Å². The molecule has 2 N–H and O–H groups in total. The van der Waals surface area contributed by atoms with E-state index in [9.17, 15) is 13.2 Å². The molecule has 0 radical (unpaired) electrons. The molecule has 0 heterocycles. The molecule has 3 rings (SSSR count). The second-order valence-electron chi connectivity index (χ2n) is 5.98. The SMILES string of the molecule is Cc1c(Cl)cccc1S(=O)(=O)Nc1ccccc1C(=O)Nc1ccc(Br)cc1. The number of carbonyl (C=O) groups excluding carboxylic acids is 1. The van der Waals surface area contributed by atoms with Crippen LogP contribution in [0.1, 0.15) is 15.9 Å². The third kappa shape index (κ3) is 4.55. The van der Waals surface area contributed by atoms with E-state index in [4.69, 9.17) is 11.6 Å². The summed E-state index contributed by atoms with van der Waals surface area (Å²) in [6.07, 6.45) is 0. The van der Waals surface area contributed by atoms with E-state index in [2.05, 4.69) is 26.0 Å². The average Bonchev–Trinajstić information content (AvgIpc) is 2.65. The highest BCUT2D eigenvalue weighted by Gasteiger charge is 2.21. The molecular weight excluding hydrogens is 464 g/mol. The zero-order chi connectivity index (χ0) is 20.3. The molecule has 0 saturated heterocycles. The number of rotatable bonds is 5. The number of sulfonamides is 1. The van der Waals surface area contributed by atoms with E-state index in [0.717, 1.165) is 4.47 Å². The van der Waals surface area contributed by atoms with Gasteiger partial charge in [0.2, 0.25) is 0 Å². The third-order valence-corrected chi connectivity index (χ3v) is 6.47. The molecule has 0 unspecified atom stereocenters. The molecule has 3 aromatic rings. The van der Waals surface area contributed by atoms with Crippen LogP contribution in [0.5, 0.6) is 0 Å². The summed E-state index contributed by atoms with van der Waals surface area (Å²) in [6, 6.07) is 18.1. The van der Waals surface area contributed by atoms with Crippen LogP contribution in [0.4, 0.5) is 11.4 Å². The first kappa shape index (κ1) is 20.4. The Morgan fingerprint density at radius 2 is 1.64 bits per heavy atom. The van der Waals surface area contributed by atoms with Gasteiger partial charge in [-0.05, 0) is 61.0 Å². The van der Waals surface area contributed by atoms with Gasteiger partial charge in [-0.25, -0.2) is 8.42 Å². The normalized spacial score (nSPS) is 11.1. The van der Waals surface area contributed by atoms with Crippen LogP contribution in [0.15, 0.2) is 76.1 Å².